The van der Waals surface area contributed by atoms with E-state index >= 15 is 0 Å². The van der Waals surface area contributed by atoms with Crippen molar-refractivity contribution in [2.45, 2.75) is 38.6 Å². The number of rotatable bonds is 6. The molecule has 0 radical (unpaired) electrons. The van der Waals surface area contributed by atoms with Crippen LogP contribution in [0.4, 0.5) is 0 Å². The molecule has 0 aliphatic carbocycles. The number of hydrogen-bond donors (Lipinski definition) is 3. The summed E-state index contributed by atoms with van der Waals surface area (Å²) in [6.07, 6.45) is 4.49. The Labute approximate surface area is 87.5 Å². The lowest BCUT2D eigenvalue weighted by Gasteiger charge is -2.13. The fraction of sp³-hybridized carbons (Fsp3) is 0.667. The predicted octanol–water partition coefficient (Wildman–Crippen LogP) is 1.52. The summed E-state index contributed by atoms with van der Waals surface area (Å²) in [5.74, 6) is 5.43. The van der Waals surface area contributed by atoms with Gasteiger partial charge in [-0.25, -0.2) is 0 Å². The molecule has 0 fully saturated rings. The molecule has 0 spiro atoms. The Kier molecular flexibility index (Phi) is 4.86. The first-order valence-corrected chi connectivity index (χ1v) is 5.79. The lowest BCUT2D eigenvalue weighted by atomic mass is 10.1. The summed E-state index contributed by atoms with van der Waals surface area (Å²) in [5.41, 5.74) is 3.63. The van der Waals surface area contributed by atoms with Crippen LogP contribution in [0.15, 0.2) is 10.2 Å². The molecule has 0 aliphatic rings. The van der Waals surface area contributed by atoms with Crippen LogP contribution in [0.3, 0.4) is 0 Å². The maximum atomic E-state index is 10.9. The molecule has 1 atom stereocenters. The third-order valence-corrected chi connectivity index (χ3v) is 2.90. The minimum atomic E-state index is -0.0178. The molecule has 0 bridgehead atoms. The van der Waals surface area contributed by atoms with Crippen molar-refractivity contribution >= 4 is 11.3 Å². The number of aromatic amines is 1. The predicted molar refractivity (Wildman–Crippen MR) is 59.1 cm³/mol. The van der Waals surface area contributed by atoms with Gasteiger partial charge in [-0.15, -0.1) is 0 Å². The molecular formula is C9H17N3OS. The van der Waals surface area contributed by atoms with E-state index in [1.807, 2.05) is 5.38 Å². The molecule has 5 heteroatoms. The van der Waals surface area contributed by atoms with E-state index < -0.39 is 0 Å². The van der Waals surface area contributed by atoms with Gasteiger partial charge < -0.3 is 4.98 Å². The molecule has 1 aromatic rings. The summed E-state index contributed by atoms with van der Waals surface area (Å²) in [6.45, 7) is 2.16. The van der Waals surface area contributed by atoms with Crippen molar-refractivity contribution in [3.8, 4) is 0 Å². The Bertz CT molecular complexity index is 307. The Balaban J connectivity index is 2.49. The number of aromatic nitrogens is 1. The number of nitrogens with one attached hydrogen (secondary N) is 2. The minimum Gasteiger partial charge on any atom is -0.315 e. The van der Waals surface area contributed by atoms with Crippen LogP contribution in [0.2, 0.25) is 0 Å². The second-order valence-corrected chi connectivity index (χ2v) is 4.16. The molecule has 1 unspecified atom stereocenters. The SMILES string of the molecule is CCCCCC(NN)c1csc(=O)[nH]1. The highest BCUT2D eigenvalue weighted by molar-refractivity contribution is 7.07. The standard InChI is InChI=1S/C9H17N3OS/c1-2-3-4-5-7(12-10)8-6-14-9(13)11-8/h6-7,12H,2-5,10H2,1H3,(H,11,13). The van der Waals surface area contributed by atoms with E-state index in [-0.39, 0.29) is 10.9 Å². The number of hydrogen-bond acceptors (Lipinski definition) is 4. The molecule has 0 aliphatic heterocycles. The van der Waals surface area contributed by atoms with Crippen LogP contribution in [0.5, 0.6) is 0 Å². The van der Waals surface area contributed by atoms with Gasteiger partial charge >= 0.3 is 4.87 Å². The number of nitrogens with two attached hydrogens (primary N) is 1. The first kappa shape index (κ1) is 11.4. The number of hydrazine groups is 1. The largest absolute Gasteiger partial charge is 0.315 e. The van der Waals surface area contributed by atoms with E-state index in [0.29, 0.717) is 0 Å². The monoisotopic (exact) mass is 215 g/mol. The van der Waals surface area contributed by atoms with E-state index in [0.717, 1.165) is 18.5 Å². The highest BCUT2D eigenvalue weighted by Crippen LogP contribution is 2.17. The average molecular weight is 215 g/mol. The van der Waals surface area contributed by atoms with Gasteiger partial charge in [0, 0.05) is 11.1 Å². The average Bonchev–Trinajstić information content (AvgIpc) is 2.60. The van der Waals surface area contributed by atoms with Crippen LogP contribution >= 0.6 is 11.3 Å². The van der Waals surface area contributed by atoms with Crippen LogP contribution in [0.25, 0.3) is 0 Å². The first-order chi connectivity index (χ1) is 6.77. The first-order valence-electron chi connectivity index (χ1n) is 4.91. The molecule has 0 aromatic carbocycles. The fourth-order valence-electron chi connectivity index (χ4n) is 1.39. The second-order valence-electron chi connectivity index (χ2n) is 3.32. The van der Waals surface area contributed by atoms with E-state index in [2.05, 4.69) is 17.3 Å². The molecule has 4 nitrogen and oxygen atoms in total. The van der Waals surface area contributed by atoms with Crippen molar-refractivity contribution in [2.24, 2.45) is 5.84 Å². The summed E-state index contributed by atoms with van der Waals surface area (Å²) in [7, 11) is 0. The molecule has 1 heterocycles. The van der Waals surface area contributed by atoms with Crippen molar-refractivity contribution in [2.75, 3.05) is 0 Å². The number of thiazole rings is 1. The van der Waals surface area contributed by atoms with E-state index in [4.69, 9.17) is 5.84 Å². The molecule has 0 amide bonds. The molecule has 80 valence electrons. The van der Waals surface area contributed by atoms with Crippen LogP contribution in [-0.2, 0) is 0 Å². The molecule has 1 rings (SSSR count). The number of unbranched alkanes of at least 4 members (excludes halogenated alkanes) is 2. The topological polar surface area (TPSA) is 70.9 Å². The van der Waals surface area contributed by atoms with Crippen LogP contribution in [-0.4, -0.2) is 4.98 Å². The molecule has 14 heavy (non-hydrogen) atoms. The van der Waals surface area contributed by atoms with Crippen LogP contribution in [0.1, 0.15) is 44.3 Å². The summed E-state index contributed by atoms with van der Waals surface area (Å²) in [6, 6.07) is 0.0838. The van der Waals surface area contributed by atoms with Gasteiger partial charge in [0.1, 0.15) is 0 Å². The van der Waals surface area contributed by atoms with Gasteiger partial charge in [0.2, 0.25) is 0 Å². The zero-order valence-electron chi connectivity index (χ0n) is 8.38. The van der Waals surface area contributed by atoms with Crippen LogP contribution < -0.4 is 16.1 Å². The second kappa shape index (κ2) is 5.95. The van der Waals surface area contributed by atoms with Crippen molar-refractivity contribution in [3.63, 3.8) is 0 Å². The van der Waals surface area contributed by atoms with Crippen LogP contribution in [0, 0.1) is 0 Å². The molecular weight excluding hydrogens is 198 g/mol. The maximum Gasteiger partial charge on any atom is 0.304 e. The van der Waals surface area contributed by atoms with Gasteiger partial charge in [0.15, 0.2) is 0 Å². The van der Waals surface area contributed by atoms with Gasteiger partial charge in [-0.2, -0.15) is 0 Å². The maximum absolute atomic E-state index is 10.9. The van der Waals surface area contributed by atoms with E-state index in [9.17, 15) is 4.79 Å². The zero-order valence-corrected chi connectivity index (χ0v) is 9.19. The third kappa shape index (κ3) is 3.25. The Morgan fingerprint density at radius 3 is 2.93 bits per heavy atom. The summed E-state index contributed by atoms with van der Waals surface area (Å²) < 4.78 is 0. The minimum absolute atomic E-state index is 0.0178. The summed E-state index contributed by atoms with van der Waals surface area (Å²) >= 11 is 1.18. The highest BCUT2D eigenvalue weighted by Gasteiger charge is 2.10. The normalized spacial score (nSPS) is 13.0. The Morgan fingerprint density at radius 2 is 2.43 bits per heavy atom. The highest BCUT2D eigenvalue weighted by atomic mass is 32.1. The van der Waals surface area contributed by atoms with Gasteiger partial charge in [-0.1, -0.05) is 37.5 Å². The summed E-state index contributed by atoms with van der Waals surface area (Å²) in [4.78, 5) is 13.7. The van der Waals surface area contributed by atoms with Crippen molar-refractivity contribution in [1.82, 2.24) is 10.4 Å². The van der Waals surface area contributed by atoms with Gasteiger partial charge in [0.25, 0.3) is 0 Å². The van der Waals surface area contributed by atoms with E-state index in [1.54, 1.807) is 0 Å². The van der Waals surface area contributed by atoms with E-state index in [1.165, 1.54) is 24.2 Å². The summed E-state index contributed by atoms with van der Waals surface area (Å²) in [5, 5.41) is 1.83. The van der Waals surface area contributed by atoms with Crippen molar-refractivity contribution in [3.05, 3.63) is 20.7 Å². The lowest BCUT2D eigenvalue weighted by molar-refractivity contribution is 0.478. The molecule has 0 saturated heterocycles. The van der Waals surface area contributed by atoms with Gasteiger partial charge in [-0.3, -0.25) is 16.1 Å². The third-order valence-electron chi connectivity index (χ3n) is 2.21. The fourth-order valence-corrected chi connectivity index (χ4v) is 2.02. The smallest absolute Gasteiger partial charge is 0.304 e. The Hall–Kier alpha value is -0.650. The quantitative estimate of drug-likeness (QED) is 0.383. The molecule has 4 N–H and O–H groups in total. The Morgan fingerprint density at radius 1 is 1.64 bits per heavy atom. The van der Waals surface area contributed by atoms with Crippen molar-refractivity contribution < 1.29 is 0 Å². The zero-order chi connectivity index (χ0) is 10.4. The molecule has 0 saturated carbocycles. The van der Waals surface area contributed by atoms with Gasteiger partial charge in [0.05, 0.1) is 6.04 Å². The molecule has 1 aromatic heterocycles. The van der Waals surface area contributed by atoms with Gasteiger partial charge in [-0.05, 0) is 6.42 Å². The van der Waals surface area contributed by atoms with Crippen molar-refractivity contribution in [1.29, 1.82) is 0 Å². The number of H-pyrrole nitrogens is 1. The lowest BCUT2D eigenvalue weighted by Crippen LogP contribution is -2.28.